The van der Waals surface area contributed by atoms with Crippen molar-refractivity contribution in [3.8, 4) is 16.9 Å². The second-order valence-corrected chi connectivity index (χ2v) is 7.88. The highest BCUT2D eigenvalue weighted by Crippen LogP contribution is 2.39. The van der Waals surface area contributed by atoms with E-state index in [-0.39, 0.29) is 23.8 Å². The van der Waals surface area contributed by atoms with Crippen LogP contribution in [0.5, 0.6) is 5.75 Å². The van der Waals surface area contributed by atoms with Crippen molar-refractivity contribution in [2.45, 2.75) is 24.9 Å². The number of nitrogens with zero attached hydrogens (tertiary/aromatic N) is 2. The third-order valence-corrected chi connectivity index (χ3v) is 5.55. The molecule has 0 saturated heterocycles. The summed E-state index contributed by atoms with van der Waals surface area (Å²) in [6.45, 7) is -0.396. The Morgan fingerprint density at radius 3 is 2.71 bits per heavy atom. The number of fused-ring (bicyclic) bond motifs is 1. The van der Waals surface area contributed by atoms with Gasteiger partial charge in [-0.15, -0.1) is 0 Å². The number of nitrogens with one attached hydrogen (secondary N) is 1. The van der Waals surface area contributed by atoms with Gasteiger partial charge in [-0.3, -0.25) is 14.6 Å². The fourth-order valence-corrected chi connectivity index (χ4v) is 3.92. The number of amides is 2. The number of hydrogen-bond acceptors (Lipinski definition) is 5. The molecule has 10 heteroatoms. The molecule has 3 N–H and O–H groups in total. The Labute approximate surface area is 193 Å². The van der Waals surface area contributed by atoms with Crippen molar-refractivity contribution in [3.05, 3.63) is 77.4 Å². The van der Waals surface area contributed by atoms with Crippen LogP contribution in [0.3, 0.4) is 0 Å². The number of alkyl halides is 3. The normalized spacial score (nSPS) is 15.2. The van der Waals surface area contributed by atoms with Crippen LogP contribution in [0.4, 0.5) is 13.2 Å². The zero-order chi connectivity index (χ0) is 24.3. The molecule has 0 bridgehead atoms. The van der Waals surface area contributed by atoms with E-state index in [4.69, 9.17) is 10.5 Å². The lowest BCUT2D eigenvalue weighted by Crippen LogP contribution is -2.31. The molecule has 0 unspecified atom stereocenters. The summed E-state index contributed by atoms with van der Waals surface area (Å²) in [6.07, 6.45) is -0.571. The number of aromatic nitrogens is 2. The van der Waals surface area contributed by atoms with Gasteiger partial charge in [0.2, 0.25) is 5.91 Å². The highest BCUT2D eigenvalue weighted by atomic mass is 19.4. The van der Waals surface area contributed by atoms with Crippen molar-refractivity contribution in [3.63, 3.8) is 0 Å². The van der Waals surface area contributed by atoms with E-state index in [0.29, 0.717) is 17.7 Å². The largest absolute Gasteiger partial charge is 0.493 e. The minimum Gasteiger partial charge on any atom is -0.493 e. The molecule has 7 nitrogen and oxygen atoms in total. The summed E-state index contributed by atoms with van der Waals surface area (Å²) < 4.78 is 43.5. The molecule has 0 aliphatic carbocycles. The molecule has 3 aromatic rings. The number of benzene rings is 1. The molecule has 0 radical (unpaired) electrons. The molecule has 1 atom stereocenters. The fourth-order valence-electron chi connectivity index (χ4n) is 3.92. The Hall–Kier alpha value is -3.95. The van der Waals surface area contributed by atoms with E-state index in [1.807, 2.05) is 30.3 Å². The van der Waals surface area contributed by atoms with Crippen LogP contribution in [-0.2, 0) is 6.42 Å². The number of primary amides is 1. The lowest BCUT2D eigenvalue weighted by Gasteiger charge is -2.28. The van der Waals surface area contributed by atoms with Crippen molar-refractivity contribution in [1.29, 1.82) is 0 Å². The molecule has 2 aromatic heterocycles. The molecule has 1 aliphatic rings. The quantitative estimate of drug-likeness (QED) is 0.572. The summed E-state index contributed by atoms with van der Waals surface area (Å²) in [5.41, 5.74) is 8.49. The van der Waals surface area contributed by atoms with Crippen molar-refractivity contribution in [2.24, 2.45) is 5.73 Å². The van der Waals surface area contributed by atoms with Crippen molar-refractivity contribution in [2.75, 3.05) is 13.2 Å². The maximum atomic E-state index is 12.7. The van der Waals surface area contributed by atoms with Gasteiger partial charge in [-0.1, -0.05) is 18.2 Å². The summed E-state index contributed by atoms with van der Waals surface area (Å²) in [5, 5.41) is 2.25. The number of halogens is 3. The summed E-state index contributed by atoms with van der Waals surface area (Å²) in [5.74, 6) is -1.19. The number of rotatable bonds is 6. The predicted molar refractivity (Wildman–Crippen MR) is 117 cm³/mol. The zero-order valence-electron chi connectivity index (χ0n) is 17.9. The molecule has 1 aliphatic heterocycles. The van der Waals surface area contributed by atoms with Crippen LogP contribution >= 0.6 is 0 Å². The highest BCUT2D eigenvalue weighted by Gasteiger charge is 2.30. The van der Waals surface area contributed by atoms with Gasteiger partial charge in [0, 0.05) is 42.2 Å². The molecule has 3 heterocycles. The molecular formula is C24H21F3N4O3. The molecule has 1 aromatic carbocycles. The van der Waals surface area contributed by atoms with Crippen LogP contribution in [0.15, 0.2) is 55.0 Å². The van der Waals surface area contributed by atoms with E-state index in [0.717, 1.165) is 22.9 Å². The van der Waals surface area contributed by atoms with E-state index >= 15 is 0 Å². The number of carbonyl (C=O) groups is 2. The molecule has 34 heavy (non-hydrogen) atoms. The first kappa shape index (κ1) is 23.2. The maximum absolute atomic E-state index is 12.7. The molecule has 0 saturated carbocycles. The summed E-state index contributed by atoms with van der Waals surface area (Å²) in [7, 11) is 0. The van der Waals surface area contributed by atoms with Crippen LogP contribution in [-0.4, -0.2) is 41.1 Å². The molecule has 176 valence electrons. The van der Waals surface area contributed by atoms with Crippen LogP contribution < -0.4 is 15.8 Å². The minimum atomic E-state index is -4.40. The van der Waals surface area contributed by atoms with Gasteiger partial charge in [-0.05, 0) is 35.7 Å². The average Bonchev–Trinajstić information content (AvgIpc) is 2.82. The highest BCUT2D eigenvalue weighted by molar-refractivity contribution is 5.97. The fraction of sp³-hybridized carbons (Fsp3) is 0.250. The minimum absolute atomic E-state index is 0.0666. The van der Waals surface area contributed by atoms with Crippen molar-refractivity contribution < 1.29 is 27.5 Å². The summed E-state index contributed by atoms with van der Waals surface area (Å²) in [6, 6.07) is 10.8. The Bertz CT molecular complexity index is 1220. The first-order chi connectivity index (χ1) is 16.2. The van der Waals surface area contributed by atoms with Crippen LogP contribution in [0, 0.1) is 0 Å². The number of pyridine rings is 2. The maximum Gasteiger partial charge on any atom is 0.390 e. The van der Waals surface area contributed by atoms with E-state index in [2.05, 4.69) is 15.3 Å². The SMILES string of the molecule is NC(=O)c1cnc(C(=O)NCCC(F)(F)F)c([C@H]2COc3cccc(-c4cccnc4)c3C2)c1. The van der Waals surface area contributed by atoms with Gasteiger partial charge in [-0.2, -0.15) is 13.2 Å². The number of hydrogen-bond donors (Lipinski definition) is 2. The average molecular weight is 470 g/mol. The summed E-state index contributed by atoms with van der Waals surface area (Å²) >= 11 is 0. The molecule has 0 spiro atoms. The lowest BCUT2D eigenvalue weighted by molar-refractivity contribution is -0.133. The molecular weight excluding hydrogens is 449 g/mol. The second kappa shape index (κ2) is 9.50. The Balaban J connectivity index is 1.67. The van der Waals surface area contributed by atoms with Crippen molar-refractivity contribution >= 4 is 11.8 Å². The number of nitrogens with two attached hydrogens (primary N) is 1. The number of carbonyl (C=O) groups excluding carboxylic acids is 2. The van der Waals surface area contributed by atoms with Gasteiger partial charge in [0.25, 0.3) is 5.91 Å². The summed E-state index contributed by atoms with van der Waals surface area (Å²) in [4.78, 5) is 32.7. The van der Waals surface area contributed by atoms with Gasteiger partial charge in [-0.25, -0.2) is 4.98 Å². The van der Waals surface area contributed by atoms with Gasteiger partial charge >= 0.3 is 6.18 Å². The Morgan fingerprint density at radius 2 is 2.00 bits per heavy atom. The van der Waals surface area contributed by atoms with Crippen LogP contribution in [0.1, 0.15) is 44.3 Å². The van der Waals surface area contributed by atoms with Gasteiger partial charge in [0.15, 0.2) is 0 Å². The standard InChI is InChI=1S/C24H21F3N4O3/c25-24(26,27)6-8-30-23(33)21-18(9-15(12-31-21)22(28)32)16-10-19-17(14-3-2-7-29-11-14)4-1-5-20(19)34-13-16/h1-5,7,9,11-12,16H,6,8,10,13H2,(H2,28,32)(H,30,33)/t16-/m1/s1. The smallest absolute Gasteiger partial charge is 0.390 e. The van der Waals surface area contributed by atoms with E-state index in [9.17, 15) is 22.8 Å². The molecule has 4 rings (SSSR count). The predicted octanol–water partition coefficient (Wildman–Crippen LogP) is 3.64. The topological polar surface area (TPSA) is 107 Å². The lowest BCUT2D eigenvalue weighted by atomic mass is 9.85. The van der Waals surface area contributed by atoms with E-state index < -0.39 is 31.0 Å². The zero-order valence-corrected chi connectivity index (χ0v) is 17.9. The van der Waals surface area contributed by atoms with Gasteiger partial charge < -0.3 is 15.8 Å². The van der Waals surface area contributed by atoms with Crippen molar-refractivity contribution in [1.82, 2.24) is 15.3 Å². The number of ether oxygens (including phenoxy) is 1. The first-order valence-electron chi connectivity index (χ1n) is 10.5. The van der Waals surface area contributed by atoms with Gasteiger partial charge in [0.1, 0.15) is 11.4 Å². The van der Waals surface area contributed by atoms with Gasteiger partial charge in [0.05, 0.1) is 18.6 Å². The van der Waals surface area contributed by atoms with E-state index in [1.54, 1.807) is 12.4 Å². The van der Waals surface area contributed by atoms with Crippen LogP contribution in [0.2, 0.25) is 0 Å². The Morgan fingerprint density at radius 1 is 1.18 bits per heavy atom. The van der Waals surface area contributed by atoms with Crippen LogP contribution in [0.25, 0.3) is 11.1 Å². The third-order valence-electron chi connectivity index (χ3n) is 5.55. The Kier molecular flexibility index (Phi) is 6.49. The monoisotopic (exact) mass is 470 g/mol. The molecule has 0 fully saturated rings. The van der Waals surface area contributed by atoms with E-state index in [1.165, 1.54) is 6.07 Å². The molecule has 2 amide bonds. The first-order valence-corrected chi connectivity index (χ1v) is 10.5. The third kappa shape index (κ3) is 5.16. The second-order valence-electron chi connectivity index (χ2n) is 7.88.